The molecule has 2 nitrogen and oxygen atoms in total. The van der Waals surface area contributed by atoms with E-state index in [1.165, 1.54) is 0 Å². The van der Waals surface area contributed by atoms with Gasteiger partial charge < -0.3 is 5.11 Å². The fourth-order valence-electron chi connectivity index (χ4n) is 2.15. The SMILES string of the molecule is OCCN(CCC(F)(F)F)C1CCCC1. The summed E-state index contributed by atoms with van der Waals surface area (Å²) in [5.41, 5.74) is 0. The second-order valence-electron chi connectivity index (χ2n) is 4.06. The van der Waals surface area contributed by atoms with E-state index >= 15 is 0 Å². The van der Waals surface area contributed by atoms with Crippen molar-refractivity contribution < 1.29 is 18.3 Å². The van der Waals surface area contributed by atoms with Gasteiger partial charge in [-0.05, 0) is 12.8 Å². The highest BCUT2D eigenvalue weighted by Gasteiger charge is 2.30. The van der Waals surface area contributed by atoms with E-state index in [1.807, 2.05) is 0 Å². The fraction of sp³-hybridized carbons (Fsp3) is 1.00. The van der Waals surface area contributed by atoms with E-state index in [0.29, 0.717) is 6.54 Å². The van der Waals surface area contributed by atoms with Crippen molar-refractivity contribution in [2.75, 3.05) is 19.7 Å². The Morgan fingerprint density at radius 1 is 1.13 bits per heavy atom. The van der Waals surface area contributed by atoms with Gasteiger partial charge in [0, 0.05) is 19.1 Å². The zero-order valence-electron chi connectivity index (χ0n) is 8.76. The molecule has 5 heteroatoms. The van der Waals surface area contributed by atoms with Crippen LogP contribution in [0.5, 0.6) is 0 Å². The van der Waals surface area contributed by atoms with Crippen LogP contribution in [-0.2, 0) is 0 Å². The van der Waals surface area contributed by atoms with Crippen LogP contribution in [0.2, 0.25) is 0 Å². The molecule has 0 aliphatic heterocycles. The summed E-state index contributed by atoms with van der Waals surface area (Å²) in [5, 5.41) is 8.80. The minimum absolute atomic E-state index is 0.0225. The van der Waals surface area contributed by atoms with Crippen molar-refractivity contribution in [3.05, 3.63) is 0 Å². The molecule has 90 valence electrons. The number of halogens is 3. The number of hydrogen-bond donors (Lipinski definition) is 1. The molecule has 0 atom stereocenters. The summed E-state index contributed by atoms with van der Waals surface area (Å²) in [6, 6.07) is 0.250. The molecule has 0 saturated heterocycles. The fourth-order valence-corrected chi connectivity index (χ4v) is 2.15. The summed E-state index contributed by atoms with van der Waals surface area (Å²) >= 11 is 0. The van der Waals surface area contributed by atoms with E-state index in [0.717, 1.165) is 25.7 Å². The van der Waals surface area contributed by atoms with Crippen LogP contribution in [0.25, 0.3) is 0 Å². The second-order valence-corrected chi connectivity index (χ2v) is 4.06. The molecular formula is C10H18F3NO. The lowest BCUT2D eigenvalue weighted by atomic mass is 10.2. The highest BCUT2D eigenvalue weighted by atomic mass is 19.4. The Labute approximate surface area is 88.1 Å². The molecule has 0 aromatic rings. The van der Waals surface area contributed by atoms with E-state index in [2.05, 4.69) is 0 Å². The molecular weight excluding hydrogens is 207 g/mol. The summed E-state index contributed by atoms with van der Waals surface area (Å²) in [5.74, 6) is 0. The van der Waals surface area contributed by atoms with Gasteiger partial charge in [-0.15, -0.1) is 0 Å². The van der Waals surface area contributed by atoms with Gasteiger partial charge in [-0.1, -0.05) is 12.8 Å². The average Bonchev–Trinajstić information content (AvgIpc) is 2.63. The lowest BCUT2D eigenvalue weighted by Gasteiger charge is -2.28. The van der Waals surface area contributed by atoms with Crippen LogP contribution in [0.4, 0.5) is 13.2 Å². The van der Waals surface area contributed by atoms with Crippen molar-refractivity contribution in [1.82, 2.24) is 4.90 Å². The first-order valence-corrected chi connectivity index (χ1v) is 5.44. The summed E-state index contributed by atoms with van der Waals surface area (Å²) in [4.78, 5) is 1.78. The third kappa shape index (κ3) is 4.84. The topological polar surface area (TPSA) is 23.5 Å². The third-order valence-corrected chi connectivity index (χ3v) is 2.91. The van der Waals surface area contributed by atoms with Gasteiger partial charge in [0.25, 0.3) is 0 Å². The Balaban J connectivity index is 2.35. The Bertz CT molecular complexity index is 178. The summed E-state index contributed by atoms with van der Waals surface area (Å²) < 4.78 is 36.2. The average molecular weight is 225 g/mol. The van der Waals surface area contributed by atoms with Gasteiger partial charge in [-0.2, -0.15) is 13.2 Å². The Morgan fingerprint density at radius 3 is 2.20 bits per heavy atom. The predicted octanol–water partition coefficient (Wildman–Crippen LogP) is 2.18. The van der Waals surface area contributed by atoms with Crippen LogP contribution < -0.4 is 0 Å². The molecule has 0 aromatic heterocycles. The van der Waals surface area contributed by atoms with E-state index < -0.39 is 12.6 Å². The first-order chi connectivity index (χ1) is 7.03. The number of hydrogen-bond acceptors (Lipinski definition) is 2. The first kappa shape index (κ1) is 12.8. The van der Waals surface area contributed by atoms with Gasteiger partial charge in [-0.3, -0.25) is 4.90 Å². The van der Waals surface area contributed by atoms with Crippen molar-refractivity contribution in [2.45, 2.75) is 44.3 Å². The van der Waals surface area contributed by atoms with Gasteiger partial charge in [0.2, 0.25) is 0 Å². The van der Waals surface area contributed by atoms with Gasteiger partial charge in [0.05, 0.1) is 13.0 Å². The largest absolute Gasteiger partial charge is 0.395 e. The monoisotopic (exact) mass is 225 g/mol. The lowest BCUT2D eigenvalue weighted by molar-refractivity contribution is -0.139. The van der Waals surface area contributed by atoms with Crippen LogP contribution >= 0.6 is 0 Å². The third-order valence-electron chi connectivity index (χ3n) is 2.91. The van der Waals surface area contributed by atoms with Gasteiger partial charge in [0.1, 0.15) is 0 Å². The maximum absolute atomic E-state index is 12.1. The second kappa shape index (κ2) is 5.70. The van der Waals surface area contributed by atoms with Crippen LogP contribution in [-0.4, -0.2) is 41.9 Å². The summed E-state index contributed by atoms with van der Waals surface area (Å²) in [6.45, 7) is 0.323. The van der Waals surface area contributed by atoms with Crippen molar-refractivity contribution in [3.8, 4) is 0 Å². The molecule has 0 bridgehead atoms. The molecule has 1 fully saturated rings. The molecule has 0 amide bonds. The van der Waals surface area contributed by atoms with Crippen molar-refractivity contribution in [3.63, 3.8) is 0 Å². The first-order valence-electron chi connectivity index (χ1n) is 5.44. The van der Waals surface area contributed by atoms with Gasteiger partial charge in [-0.25, -0.2) is 0 Å². The van der Waals surface area contributed by atoms with Crippen LogP contribution in [0.15, 0.2) is 0 Å². The molecule has 0 radical (unpaired) electrons. The Kier molecular flexibility index (Phi) is 4.86. The molecule has 0 spiro atoms. The van der Waals surface area contributed by atoms with Gasteiger partial charge in [0.15, 0.2) is 0 Å². The number of aliphatic hydroxyl groups is 1. The Hall–Kier alpha value is -0.290. The standard InChI is InChI=1S/C10H18F3NO/c11-10(12,13)5-6-14(7-8-15)9-3-1-2-4-9/h9,15H,1-8H2. The molecule has 0 heterocycles. The summed E-state index contributed by atoms with van der Waals surface area (Å²) in [6.07, 6.45) is -0.733. The van der Waals surface area contributed by atoms with Crippen molar-refractivity contribution in [1.29, 1.82) is 0 Å². The van der Waals surface area contributed by atoms with E-state index in [9.17, 15) is 13.2 Å². The number of alkyl halides is 3. The molecule has 1 aliphatic carbocycles. The molecule has 15 heavy (non-hydrogen) atoms. The van der Waals surface area contributed by atoms with Crippen LogP contribution in [0, 0.1) is 0 Å². The molecule has 0 aromatic carbocycles. The Morgan fingerprint density at radius 2 is 1.73 bits per heavy atom. The summed E-state index contributed by atoms with van der Waals surface area (Å²) in [7, 11) is 0. The van der Waals surface area contributed by atoms with E-state index in [1.54, 1.807) is 4.90 Å². The molecule has 1 N–H and O–H groups in total. The maximum Gasteiger partial charge on any atom is 0.390 e. The lowest BCUT2D eigenvalue weighted by Crippen LogP contribution is -2.38. The quantitative estimate of drug-likeness (QED) is 0.775. The van der Waals surface area contributed by atoms with E-state index in [-0.39, 0.29) is 19.2 Å². The number of nitrogens with zero attached hydrogens (tertiary/aromatic N) is 1. The zero-order valence-corrected chi connectivity index (χ0v) is 8.76. The van der Waals surface area contributed by atoms with Crippen molar-refractivity contribution in [2.24, 2.45) is 0 Å². The molecule has 1 saturated carbocycles. The van der Waals surface area contributed by atoms with Crippen molar-refractivity contribution >= 4 is 0 Å². The molecule has 1 rings (SSSR count). The predicted molar refractivity (Wildman–Crippen MR) is 51.6 cm³/mol. The van der Waals surface area contributed by atoms with E-state index in [4.69, 9.17) is 5.11 Å². The normalized spacial score (nSPS) is 19.0. The minimum Gasteiger partial charge on any atom is -0.395 e. The maximum atomic E-state index is 12.1. The van der Waals surface area contributed by atoms with Gasteiger partial charge >= 0.3 is 6.18 Å². The van der Waals surface area contributed by atoms with Crippen LogP contribution in [0.1, 0.15) is 32.1 Å². The number of aliphatic hydroxyl groups excluding tert-OH is 1. The minimum atomic E-state index is -4.09. The highest BCUT2D eigenvalue weighted by molar-refractivity contribution is 4.77. The molecule has 1 aliphatic rings. The molecule has 0 unspecified atom stereocenters. The highest BCUT2D eigenvalue weighted by Crippen LogP contribution is 2.26. The zero-order chi connectivity index (χ0) is 11.3. The van der Waals surface area contributed by atoms with Crippen LogP contribution in [0.3, 0.4) is 0 Å². The smallest absolute Gasteiger partial charge is 0.390 e. The number of rotatable bonds is 5.